The van der Waals surface area contributed by atoms with E-state index in [1.54, 1.807) is 19.4 Å². The summed E-state index contributed by atoms with van der Waals surface area (Å²) in [6.45, 7) is 2.51. The van der Waals surface area contributed by atoms with Gasteiger partial charge in [-0.2, -0.15) is 0 Å². The average molecular weight is 396 g/mol. The Hall–Kier alpha value is -3.05. The number of pyridine rings is 1. The summed E-state index contributed by atoms with van der Waals surface area (Å²) in [6.07, 6.45) is 2.31. The Morgan fingerprint density at radius 3 is 2.79 bits per heavy atom. The minimum Gasteiger partial charge on any atom is -0.495 e. The van der Waals surface area contributed by atoms with Crippen molar-refractivity contribution in [2.45, 2.75) is 13.3 Å². The average Bonchev–Trinajstić information content (AvgIpc) is 2.68. The quantitative estimate of drug-likeness (QED) is 0.605. The Bertz CT molecular complexity index is 976. The maximum Gasteiger partial charge on any atom is 0.269 e. The number of anilines is 2. The van der Waals surface area contributed by atoms with E-state index in [9.17, 15) is 4.79 Å². The predicted octanol–water partition coefficient (Wildman–Crippen LogP) is 4.77. The maximum atomic E-state index is 12.4. The molecule has 1 amide bonds. The fraction of sp³-hybridized carbons (Fsp3) is 0.182. The summed E-state index contributed by atoms with van der Waals surface area (Å²) < 4.78 is 5.39. The minimum atomic E-state index is -0.220. The lowest BCUT2D eigenvalue weighted by molar-refractivity contribution is 0.0949. The summed E-state index contributed by atoms with van der Waals surface area (Å²) in [5.41, 5.74) is 4.13. The van der Waals surface area contributed by atoms with Gasteiger partial charge < -0.3 is 15.4 Å². The molecule has 0 unspecified atom stereocenters. The van der Waals surface area contributed by atoms with Crippen molar-refractivity contribution in [2.24, 2.45) is 0 Å². The molecule has 2 N–H and O–H groups in total. The zero-order valence-corrected chi connectivity index (χ0v) is 16.6. The molecular weight excluding hydrogens is 374 g/mol. The maximum absolute atomic E-state index is 12.4. The molecule has 2 aromatic carbocycles. The molecule has 28 heavy (non-hydrogen) atoms. The predicted molar refractivity (Wildman–Crippen MR) is 113 cm³/mol. The van der Waals surface area contributed by atoms with Crippen LogP contribution in [-0.4, -0.2) is 24.5 Å². The van der Waals surface area contributed by atoms with Crippen LogP contribution < -0.4 is 15.4 Å². The number of hydrogen-bond donors (Lipinski definition) is 2. The Morgan fingerprint density at radius 2 is 2.00 bits per heavy atom. The number of amides is 1. The molecule has 0 saturated carbocycles. The molecule has 3 rings (SSSR count). The number of methoxy groups -OCH3 is 1. The number of halogens is 1. The number of carbonyl (C=O) groups excluding carboxylic acids is 1. The number of ether oxygens (including phenoxy) is 1. The summed E-state index contributed by atoms with van der Waals surface area (Å²) in [7, 11) is 1.63. The highest BCUT2D eigenvalue weighted by Crippen LogP contribution is 2.28. The van der Waals surface area contributed by atoms with Crippen LogP contribution in [0.1, 0.15) is 21.6 Å². The van der Waals surface area contributed by atoms with Crippen molar-refractivity contribution in [1.82, 2.24) is 10.3 Å². The van der Waals surface area contributed by atoms with Crippen molar-refractivity contribution in [3.05, 3.63) is 82.6 Å². The third kappa shape index (κ3) is 5.24. The largest absolute Gasteiger partial charge is 0.495 e. The van der Waals surface area contributed by atoms with Gasteiger partial charge in [0.25, 0.3) is 5.91 Å². The van der Waals surface area contributed by atoms with E-state index in [1.165, 1.54) is 0 Å². The van der Waals surface area contributed by atoms with Gasteiger partial charge in [-0.3, -0.25) is 9.78 Å². The van der Waals surface area contributed by atoms with Gasteiger partial charge in [0.15, 0.2) is 0 Å². The molecule has 0 atom stereocenters. The number of hydrogen-bond acceptors (Lipinski definition) is 4. The van der Waals surface area contributed by atoms with Gasteiger partial charge in [-0.15, -0.1) is 0 Å². The molecular formula is C22H22ClN3O2. The summed E-state index contributed by atoms with van der Waals surface area (Å²) in [4.78, 5) is 16.6. The number of carbonyl (C=O) groups is 1. The van der Waals surface area contributed by atoms with E-state index >= 15 is 0 Å². The highest BCUT2D eigenvalue weighted by molar-refractivity contribution is 6.30. The van der Waals surface area contributed by atoms with Crippen LogP contribution in [0.15, 0.2) is 60.8 Å². The highest BCUT2D eigenvalue weighted by atomic mass is 35.5. The lowest BCUT2D eigenvalue weighted by Crippen LogP contribution is -2.26. The molecule has 0 aliphatic heterocycles. The minimum absolute atomic E-state index is 0.220. The van der Waals surface area contributed by atoms with Crippen LogP contribution in [0.25, 0.3) is 0 Å². The van der Waals surface area contributed by atoms with Crippen LogP contribution in [0.2, 0.25) is 5.02 Å². The Kier molecular flexibility index (Phi) is 6.50. The van der Waals surface area contributed by atoms with E-state index in [0.29, 0.717) is 23.7 Å². The number of benzene rings is 2. The fourth-order valence-electron chi connectivity index (χ4n) is 2.81. The summed E-state index contributed by atoms with van der Waals surface area (Å²) >= 11 is 5.98. The van der Waals surface area contributed by atoms with Crippen molar-refractivity contribution in [3.8, 4) is 5.75 Å². The smallest absolute Gasteiger partial charge is 0.269 e. The first-order valence-electron chi connectivity index (χ1n) is 8.95. The number of aromatic nitrogens is 1. The van der Waals surface area contributed by atoms with Crippen LogP contribution in [0.5, 0.6) is 5.75 Å². The van der Waals surface area contributed by atoms with Crippen molar-refractivity contribution < 1.29 is 9.53 Å². The van der Waals surface area contributed by atoms with Gasteiger partial charge in [0.05, 0.1) is 12.8 Å². The van der Waals surface area contributed by atoms with Crippen molar-refractivity contribution in [3.63, 3.8) is 0 Å². The second-order valence-corrected chi connectivity index (χ2v) is 6.83. The number of aryl methyl sites for hydroxylation is 1. The second-order valence-electron chi connectivity index (χ2n) is 6.39. The first kappa shape index (κ1) is 19.7. The van der Waals surface area contributed by atoms with E-state index < -0.39 is 0 Å². The number of rotatable bonds is 7. The summed E-state index contributed by atoms with van der Waals surface area (Å²) in [5.74, 6) is 0.511. The van der Waals surface area contributed by atoms with Crippen molar-refractivity contribution in [1.29, 1.82) is 0 Å². The lowest BCUT2D eigenvalue weighted by atomic mass is 10.1. The number of nitrogens with zero attached hydrogens (tertiary/aromatic N) is 1. The van der Waals surface area contributed by atoms with E-state index in [4.69, 9.17) is 16.3 Å². The van der Waals surface area contributed by atoms with E-state index in [1.807, 2.05) is 55.5 Å². The Morgan fingerprint density at radius 1 is 1.14 bits per heavy atom. The van der Waals surface area contributed by atoms with Gasteiger partial charge in [0.1, 0.15) is 11.4 Å². The molecule has 0 aliphatic rings. The third-order valence-corrected chi connectivity index (χ3v) is 4.45. The molecule has 0 bridgehead atoms. The molecule has 0 saturated heterocycles. The molecule has 0 spiro atoms. The third-order valence-electron chi connectivity index (χ3n) is 4.21. The van der Waals surface area contributed by atoms with Crippen LogP contribution >= 0.6 is 11.6 Å². The topological polar surface area (TPSA) is 63.2 Å². The van der Waals surface area contributed by atoms with Crippen LogP contribution in [0.3, 0.4) is 0 Å². The zero-order valence-electron chi connectivity index (χ0n) is 15.8. The summed E-state index contributed by atoms with van der Waals surface area (Å²) in [6, 6.07) is 17.0. The van der Waals surface area contributed by atoms with Crippen LogP contribution in [-0.2, 0) is 6.42 Å². The Labute approximate surface area is 169 Å². The molecule has 1 aromatic heterocycles. The van der Waals surface area contributed by atoms with Crippen LogP contribution in [0.4, 0.5) is 11.4 Å². The van der Waals surface area contributed by atoms with Gasteiger partial charge in [0.2, 0.25) is 0 Å². The van der Waals surface area contributed by atoms with E-state index in [2.05, 4.69) is 15.6 Å². The molecule has 1 heterocycles. The van der Waals surface area contributed by atoms with E-state index in [0.717, 1.165) is 28.3 Å². The van der Waals surface area contributed by atoms with Crippen LogP contribution in [0, 0.1) is 6.92 Å². The van der Waals surface area contributed by atoms with Gasteiger partial charge in [0, 0.05) is 23.5 Å². The monoisotopic (exact) mass is 395 g/mol. The zero-order chi connectivity index (χ0) is 19.9. The van der Waals surface area contributed by atoms with Gasteiger partial charge in [-0.1, -0.05) is 29.8 Å². The molecule has 0 radical (unpaired) electrons. The second kappa shape index (κ2) is 9.24. The molecule has 5 nitrogen and oxygen atoms in total. The van der Waals surface area contributed by atoms with Gasteiger partial charge >= 0.3 is 0 Å². The van der Waals surface area contributed by atoms with Gasteiger partial charge in [-0.25, -0.2) is 0 Å². The lowest BCUT2D eigenvalue weighted by Gasteiger charge is -2.12. The van der Waals surface area contributed by atoms with Crippen molar-refractivity contribution >= 4 is 28.9 Å². The molecule has 144 valence electrons. The normalized spacial score (nSPS) is 10.4. The van der Waals surface area contributed by atoms with Crippen molar-refractivity contribution in [2.75, 3.05) is 19.0 Å². The first-order chi connectivity index (χ1) is 13.5. The SMILES string of the molecule is COc1ccc(C)cc1Nc1ccnc(C(=O)NCCc2cccc(Cl)c2)c1. The molecule has 0 aliphatic carbocycles. The highest BCUT2D eigenvalue weighted by Gasteiger charge is 2.09. The summed E-state index contributed by atoms with van der Waals surface area (Å²) in [5, 5.41) is 6.87. The molecule has 3 aromatic rings. The number of nitrogens with one attached hydrogen (secondary N) is 2. The Balaban J connectivity index is 1.64. The first-order valence-corrected chi connectivity index (χ1v) is 9.33. The van der Waals surface area contributed by atoms with E-state index in [-0.39, 0.29) is 5.91 Å². The van der Waals surface area contributed by atoms with Gasteiger partial charge in [-0.05, 0) is 60.9 Å². The fourth-order valence-corrected chi connectivity index (χ4v) is 3.02. The molecule has 0 fully saturated rings. The molecule has 6 heteroatoms. The standard InChI is InChI=1S/C22H22ClN3O2/c1-15-6-7-21(28-2)19(12-15)26-18-9-11-24-20(14-18)22(27)25-10-8-16-4-3-5-17(23)13-16/h3-7,9,11-14H,8,10H2,1-2H3,(H,24,26)(H,25,27).